The molecule has 3 aromatic rings. The topological polar surface area (TPSA) is 46.9 Å². The van der Waals surface area contributed by atoms with Crippen LogP contribution in [0.1, 0.15) is 34.5 Å². The first kappa shape index (κ1) is 17.9. The number of aryl methyl sites for hydroxylation is 2. The van der Waals surface area contributed by atoms with Crippen LogP contribution in [0.2, 0.25) is 0 Å². The normalized spacial score (nSPS) is 10.7. The molecule has 1 N–H and O–H groups in total. The summed E-state index contributed by atoms with van der Waals surface area (Å²) in [4.78, 5) is 12.2. The van der Waals surface area contributed by atoms with Gasteiger partial charge >= 0.3 is 0 Å². The van der Waals surface area contributed by atoms with Crippen LogP contribution in [0.25, 0.3) is 0 Å². The molecule has 26 heavy (non-hydrogen) atoms. The number of rotatable bonds is 7. The highest BCUT2D eigenvalue weighted by atomic mass is 16.1. The first-order chi connectivity index (χ1) is 12.6. The molecule has 3 rings (SSSR count). The minimum absolute atomic E-state index is 0.0727. The minimum atomic E-state index is 0.0727. The molecule has 1 aromatic heterocycles. The lowest BCUT2D eigenvalue weighted by Crippen LogP contribution is -2.23. The Hall–Kier alpha value is -2.88. The van der Waals surface area contributed by atoms with Crippen molar-refractivity contribution in [1.29, 1.82) is 0 Å². The van der Waals surface area contributed by atoms with Crippen molar-refractivity contribution in [3.05, 3.63) is 88.7 Å². The number of carbonyl (C=O) groups is 1. The van der Waals surface area contributed by atoms with Crippen LogP contribution >= 0.6 is 0 Å². The Kier molecular flexibility index (Phi) is 5.84. The zero-order chi connectivity index (χ0) is 18.4. The van der Waals surface area contributed by atoms with Crippen molar-refractivity contribution in [3.63, 3.8) is 0 Å². The second-order valence-corrected chi connectivity index (χ2v) is 6.55. The molecule has 0 aliphatic carbocycles. The SMILES string of the molecule is Cc1nn(Cc2ccccc2)c(C)c1CNC(=O)CCc1ccccc1. The van der Waals surface area contributed by atoms with Gasteiger partial charge < -0.3 is 5.32 Å². The third-order valence-electron chi connectivity index (χ3n) is 4.65. The Balaban J connectivity index is 1.57. The van der Waals surface area contributed by atoms with Crippen LogP contribution < -0.4 is 5.32 Å². The minimum Gasteiger partial charge on any atom is -0.352 e. The van der Waals surface area contributed by atoms with Crippen LogP contribution in [0.5, 0.6) is 0 Å². The molecule has 0 saturated carbocycles. The molecule has 0 atom stereocenters. The molecule has 0 aliphatic rings. The second kappa shape index (κ2) is 8.48. The molecule has 0 spiro atoms. The number of benzene rings is 2. The quantitative estimate of drug-likeness (QED) is 0.707. The van der Waals surface area contributed by atoms with E-state index in [1.54, 1.807) is 0 Å². The molecule has 0 unspecified atom stereocenters. The molecule has 4 heteroatoms. The summed E-state index contributed by atoms with van der Waals surface area (Å²) in [6, 6.07) is 20.4. The van der Waals surface area contributed by atoms with E-state index in [1.165, 1.54) is 11.1 Å². The molecule has 2 aromatic carbocycles. The molecule has 0 radical (unpaired) electrons. The Morgan fingerprint density at radius 1 is 0.962 bits per heavy atom. The van der Waals surface area contributed by atoms with Crippen molar-refractivity contribution in [3.8, 4) is 0 Å². The Bertz CT molecular complexity index is 854. The van der Waals surface area contributed by atoms with Gasteiger partial charge in [-0.25, -0.2) is 0 Å². The zero-order valence-electron chi connectivity index (χ0n) is 15.4. The summed E-state index contributed by atoms with van der Waals surface area (Å²) in [5, 5.41) is 7.68. The monoisotopic (exact) mass is 347 g/mol. The van der Waals surface area contributed by atoms with Crippen molar-refractivity contribution < 1.29 is 4.79 Å². The van der Waals surface area contributed by atoms with Crippen LogP contribution in [0.3, 0.4) is 0 Å². The highest BCUT2D eigenvalue weighted by Gasteiger charge is 2.13. The Labute approximate surface area is 154 Å². The summed E-state index contributed by atoms with van der Waals surface area (Å²) in [5.74, 6) is 0.0727. The van der Waals surface area contributed by atoms with Gasteiger partial charge in [0.05, 0.1) is 12.2 Å². The fourth-order valence-electron chi connectivity index (χ4n) is 3.08. The summed E-state index contributed by atoms with van der Waals surface area (Å²) < 4.78 is 2.01. The number of hydrogen-bond donors (Lipinski definition) is 1. The third kappa shape index (κ3) is 4.60. The average molecular weight is 347 g/mol. The molecule has 134 valence electrons. The van der Waals surface area contributed by atoms with Crippen LogP contribution in [0.4, 0.5) is 0 Å². The van der Waals surface area contributed by atoms with Gasteiger partial charge in [-0.15, -0.1) is 0 Å². The van der Waals surface area contributed by atoms with Gasteiger partial charge in [0, 0.05) is 24.2 Å². The van der Waals surface area contributed by atoms with Gasteiger partial charge in [-0.3, -0.25) is 9.48 Å². The van der Waals surface area contributed by atoms with Crippen molar-refractivity contribution in [1.82, 2.24) is 15.1 Å². The molecular formula is C22H25N3O. The lowest BCUT2D eigenvalue weighted by Gasteiger charge is -2.08. The van der Waals surface area contributed by atoms with E-state index < -0.39 is 0 Å². The molecule has 1 heterocycles. The van der Waals surface area contributed by atoms with Gasteiger partial charge in [-0.05, 0) is 31.4 Å². The Morgan fingerprint density at radius 3 is 2.23 bits per heavy atom. The first-order valence-electron chi connectivity index (χ1n) is 9.01. The van der Waals surface area contributed by atoms with Crippen molar-refractivity contribution in [2.75, 3.05) is 0 Å². The van der Waals surface area contributed by atoms with Crippen LogP contribution in [0, 0.1) is 13.8 Å². The Morgan fingerprint density at radius 2 is 1.58 bits per heavy atom. The lowest BCUT2D eigenvalue weighted by molar-refractivity contribution is -0.121. The summed E-state index contributed by atoms with van der Waals surface area (Å²) in [5.41, 5.74) is 5.59. The van der Waals surface area contributed by atoms with Gasteiger partial charge in [0.2, 0.25) is 5.91 Å². The highest BCUT2D eigenvalue weighted by Crippen LogP contribution is 2.15. The molecular weight excluding hydrogens is 322 g/mol. The highest BCUT2D eigenvalue weighted by molar-refractivity contribution is 5.76. The zero-order valence-corrected chi connectivity index (χ0v) is 15.4. The van der Waals surface area contributed by atoms with E-state index in [0.717, 1.165) is 29.9 Å². The maximum atomic E-state index is 12.2. The maximum Gasteiger partial charge on any atom is 0.220 e. The summed E-state index contributed by atoms with van der Waals surface area (Å²) in [6.45, 7) is 5.34. The number of nitrogens with zero attached hydrogens (tertiary/aromatic N) is 2. The van der Waals surface area contributed by atoms with E-state index >= 15 is 0 Å². The number of hydrogen-bond acceptors (Lipinski definition) is 2. The van der Waals surface area contributed by atoms with Gasteiger partial charge in [-0.2, -0.15) is 5.10 Å². The van der Waals surface area contributed by atoms with Gasteiger partial charge in [-0.1, -0.05) is 60.7 Å². The fourth-order valence-corrected chi connectivity index (χ4v) is 3.08. The molecule has 0 bridgehead atoms. The molecule has 4 nitrogen and oxygen atoms in total. The number of nitrogens with one attached hydrogen (secondary N) is 1. The van der Waals surface area contributed by atoms with Gasteiger partial charge in [0.15, 0.2) is 0 Å². The first-order valence-corrected chi connectivity index (χ1v) is 9.01. The summed E-state index contributed by atoms with van der Waals surface area (Å²) >= 11 is 0. The largest absolute Gasteiger partial charge is 0.352 e. The van der Waals surface area contributed by atoms with E-state index in [0.29, 0.717) is 13.0 Å². The standard InChI is InChI=1S/C22H25N3O/c1-17-21(15-23-22(26)14-13-19-9-5-3-6-10-19)18(2)25(24-17)16-20-11-7-4-8-12-20/h3-12H,13-16H2,1-2H3,(H,23,26). The summed E-state index contributed by atoms with van der Waals surface area (Å²) in [6.07, 6.45) is 1.26. The predicted molar refractivity (Wildman–Crippen MR) is 104 cm³/mol. The van der Waals surface area contributed by atoms with Crippen molar-refractivity contribution >= 4 is 5.91 Å². The predicted octanol–water partition coefficient (Wildman–Crippen LogP) is 3.80. The lowest BCUT2D eigenvalue weighted by atomic mass is 10.1. The fraction of sp³-hybridized carbons (Fsp3) is 0.273. The average Bonchev–Trinajstić information content (AvgIpc) is 2.93. The van der Waals surface area contributed by atoms with E-state index in [-0.39, 0.29) is 5.91 Å². The smallest absolute Gasteiger partial charge is 0.220 e. The van der Waals surface area contributed by atoms with Crippen LogP contribution in [-0.4, -0.2) is 15.7 Å². The van der Waals surface area contributed by atoms with Gasteiger partial charge in [0.25, 0.3) is 0 Å². The van der Waals surface area contributed by atoms with E-state index in [2.05, 4.69) is 41.6 Å². The van der Waals surface area contributed by atoms with Crippen LogP contribution in [0.15, 0.2) is 60.7 Å². The van der Waals surface area contributed by atoms with Crippen molar-refractivity contribution in [2.45, 2.75) is 39.8 Å². The van der Waals surface area contributed by atoms with Gasteiger partial charge in [0.1, 0.15) is 0 Å². The third-order valence-corrected chi connectivity index (χ3v) is 4.65. The summed E-state index contributed by atoms with van der Waals surface area (Å²) in [7, 11) is 0. The maximum absolute atomic E-state index is 12.2. The molecule has 0 saturated heterocycles. The number of amides is 1. The van der Waals surface area contributed by atoms with Crippen LogP contribution in [-0.2, 0) is 24.3 Å². The van der Waals surface area contributed by atoms with Crippen molar-refractivity contribution in [2.24, 2.45) is 0 Å². The van der Waals surface area contributed by atoms with E-state index in [1.807, 2.05) is 48.0 Å². The van der Waals surface area contributed by atoms with E-state index in [9.17, 15) is 4.79 Å². The number of carbonyl (C=O) groups excluding carboxylic acids is 1. The molecule has 0 aliphatic heterocycles. The number of aromatic nitrogens is 2. The second-order valence-electron chi connectivity index (χ2n) is 6.55. The molecule has 1 amide bonds. The molecule has 0 fully saturated rings. The van der Waals surface area contributed by atoms with E-state index in [4.69, 9.17) is 0 Å².